The molecule has 128 valence electrons. The monoisotopic (exact) mass is 341 g/mol. The molecule has 1 aromatic carbocycles. The highest BCUT2D eigenvalue weighted by molar-refractivity contribution is 5.94. The lowest BCUT2D eigenvalue weighted by Crippen LogP contribution is -2.32. The molecule has 0 radical (unpaired) electrons. The van der Waals surface area contributed by atoms with Crippen molar-refractivity contribution < 1.29 is 13.7 Å². The van der Waals surface area contributed by atoms with Crippen LogP contribution in [-0.4, -0.2) is 43.8 Å². The Labute approximate surface area is 143 Å². The maximum atomic E-state index is 15.3. The molecule has 1 unspecified atom stereocenters. The van der Waals surface area contributed by atoms with E-state index in [2.05, 4.69) is 15.2 Å². The number of aryl methyl sites for hydroxylation is 1. The summed E-state index contributed by atoms with van der Waals surface area (Å²) in [5.74, 6) is -0.00287. The Morgan fingerprint density at radius 3 is 2.84 bits per heavy atom. The Morgan fingerprint density at radius 1 is 1.32 bits per heavy atom. The molecule has 1 aliphatic rings. The van der Waals surface area contributed by atoms with Crippen LogP contribution >= 0.6 is 0 Å². The normalized spacial score (nSPS) is 20.2. The van der Waals surface area contributed by atoms with Gasteiger partial charge in [-0.25, -0.2) is 4.39 Å². The Hall–Kier alpha value is -3.03. The van der Waals surface area contributed by atoms with Gasteiger partial charge in [-0.3, -0.25) is 9.48 Å². The zero-order chi connectivity index (χ0) is 17.4. The maximum absolute atomic E-state index is 15.3. The van der Waals surface area contributed by atoms with Gasteiger partial charge in [-0.05, 0) is 12.1 Å². The standard InChI is InChI=1S/C17H16FN5O2/c1-22-10-13(9-19-22)15(24)23-8-7-17(18,11-23)16-20-14(25-21-16)12-5-3-2-4-6-12/h2-6,9-10H,7-8,11H2,1H3. The van der Waals surface area contributed by atoms with Crippen LogP contribution in [0.4, 0.5) is 4.39 Å². The third kappa shape index (κ3) is 2.79. The minimum absolute atomic E-state index is 0.0205. The van der Waals surface area contributed by atoms with E-state index in [1.54, 1.807) is 13.2 Å². The van der Waals surface area contributed by atoms with Gasteiger partial charge in [0.1, 0.15) is 0 Å². The summed E-state index contributed by atoms with van der Waals surface area (Å²) in [6.07, 6.45) is 3.22. The third-order valence-electron chi connectivity index (χ3n) is 4.31. The first-order valence-electron chi connectivity index (χ1n) is 7.92. The number of aromatic nitrogens is 4. The molecule has 0 N–H and O–H groups in total. The van der Waals surface area contributed by atoms with Crippen LogP contribution in [0.5, 0.6) is 0 Å². The molecule has 2 aromatic heterocycles. The van der Waals surface area contributed by atoms with E-state index in [0.29, 0.717) is 12.1 Å². The van der Waals surface area contributed by atoms with Crippen molar-refractivity contribution in [3.63, 3.8) is 0 Å². The second-order valence-corrected chi connectivity index (χ2v) is 6.13. The van der Waals surface area contributed by atoms with E-state index in [4.69, 9.17) is 4.52 Å². The van der Waals surface area contributed by atoms with E-state index in [1.807, 2.05) is 30.3 Å². The van der Waals surface area contributed by atoms with Crippen LogP contribution in [0.15, 0.2) is 47.2 Å². The largest absolute Gasteiger partial charge is 0.335 e. The molecule has 0 aliphatic carbocycles. The molecule has 1 amide bonds. The molecule has 1 fully saturated rings. The van der Waals surface area contributed by atoms with Crippen LogP contribution in [0.1, 0.15) is 22.6 Å². The minimum atomic E-state index is -1.81. The van der Waals surface area contributed by atoms with Crippen molar-refractivity contribution in [2.24, 2.45) is 7.05 Å². The second-order valence-electron chi connectivity index (χ2n) is 6.13. The van der Waals surface area contributed by atoms with Crippen LogP contribution < -0.4 is 0 Å². The fourth-order valence-electron chi connectivity index (χ4n) is 2.95. The Bertz CT molecular complexity index is 907. The van der Waals surface area contributed by atoms with Crippen molar-refractivity contribution in [3.05, 3.63) is 54.1 Å². The summed E-state index contributed by atoms with van der Waals surface area (Å²) >= 11 is 0. The van der Waals surface area contributed by atoms with E-state index >= 15 is 4.39 Å². The molecule has 0 saturated carbocycles. The Balaban J connectivity index is 1.54. The van der Waals surface area contributed by atoms with Gasteiger partial charge in [0.05, 0.1) is 18.3 Å². The molecule has 1 saturated heterocycles. The average Bonchev–Trinajstić information content (AvgIpc) is 3.35. The molecule has 1 atom stereocenters. The summed E-state index contributed by atoms with van der Waals surface area (Å²) in [6, 6.07) is 9.18. The number of amides is 1. The first-order valence-corrected chi connectivity index (χ1v) is 7.92. The number of likely N-dealkylation sites (tertiary alicyclic amines) is 1. The van der Waals surface area contributed by atoms with Gasteiger partial charge in [0, 0.05) is 31.8 Å². The van der Waals surface area contributed by atoms with Gasteiger partial charge in [0.2, 0.25) is 5.82 Å². The maximum Gasteiger partial charge on any atom is 0.258 e. The molecule has 0 bridgehead atoms. The summed E-state index contributed by atoms with van der Waals surface area (Å²) in [4.78, 5) is 18.1. The fourth-order valence-corrected chi connectivity index (χ4v) is 2.95. The minimum Gasteiger partial charge on any atom is -0.335 e. The molecular weight excluding hydrogens is 325 g/mol. The molecule has 25 heavy (non-hydrogen) atoms. The Kier molecular flexibility index (Phi) is 3.60. The van der Waals surface area contributed by atoms with Crippen LogP contribution in [0.3, 0.4) is 0 Å². The van der Waals surface area contributed by atoms with E-state index in [9.17, 15) is 4.79 Å². The molecule has 3 heterocycles. The highest BCUT2D eigenvalue weighted by atomic mass is 19.1. The Morgan fingerprint density at radius 2 is 2.12 bits per heavy atom. The van der Waals surface area contributed by atoms with Gasteiger partial charge < -0.3 is 9.42 Å². The van der Waals surface area contributed by atoms with Crippen molar-refractivity contribution in [2.75, 3.05) is 13.1 Å². The first-order chi connectivity index (χ1) is 12.0. The SMILES string of the molecule is Cn1cc(C(=O)N2CCC(F)(c3noc(-c4ccccc4)n3)C2)cn1. The molecule has 0 spiro atoms. The number of nitrogens with zero attached hydrogens (tertiary/aromatic N) is 5. The zero-order valence-electron chi connectivity index (χ0n) is 13.6. The number of alkyl halides is 1. The van der Waals surface area contributed by atoms with Gasteiger partial charge in [0.25, 0.3) is 11.8 Å². The van der Waals surface area contributed by atoms with Gasteiger partial charge in [-0.1, -0.05) is 23.4 Å². The van der Waals surface area contributed by atoms with E-state index in [-0.39, 0.29) is 30.6 Å². The quantitative estimate of drug-likeness (QED) is 0.730. The second kappa shape index (κ2) is 5.80. The number of rotatable bonds is 3. The number of carbonyl (C=O) groups excluding carboxylic acids is 1. The lowest BCUT2D eigenvalue weighted by molar-refractivity contribution is 0.0743. The number of hydrogen-bond donors (Lipinski definition) is 0. The molecular formula is C17H16FN5O2. The van der Waals surface area contributed by atoms with Crippen LogP contribution in [-0.2, 0) is 12.7 Å². The zero-order valence-corrected chi connectivity index (χ0v) is 13.6. The van der Waals surface area contributed by atoms with Crippen molar-refractivity contribution in [1.29, 1.82) is 0 Å². The fraction of sp³-hybridized carbons (Fsp3) is 0.294. The third-order valence-corrected chi connectivity index (χ3v) is 4.31. The lowest BCUT2D eigenvalue weighted by Gasteiger charge is -2.17. The van der Waals surface area contributed by atoms with Crippen LogP contribution in [0.2, 0.25) is 0 Å². The molecule has 8 heteroatoms. The summed E-state index contributed by atoms with van der Waals surface area (Å²) in [7, 11) is 1.73. The lowest BCUT2D eigenvalue weighted by atomic mass is 10.1. The number of halogens is 1. The summed E-state index contributed by atoms with van der Waals surface area (Å²) < 4.78 is 22.0. The molecule has 4 rings (SSSR count). The summed E-state index contributed by atoms with van der Waals surface area (Å²) in [5, 5.41) is 7.78. The van der Waals surface area contributed by atoms with E-state index in [1.165, 1.54) is 15.8 Å². The highest BCUT2D eigenvalue weighted by Gasteiger charge is 2.46. The van der Waals surface area contributed by atoms with E-state index < -0.39 is 5.67 Å². The van der Waals surface area contributed by atoms with Crippen molar-refractivity contribution in [1.82, 2.24) is 24.8 Å². The summed E-state index contributed by atoms with van der Waals surface area (Å²) in [6.45, 7) is 0.188. The predicted octanol–water partition coefficient (Wildman–Crippen LogP) is 2.18. The van der Waals surface area contributed by atoms with Crippen LogP contribution in [0.25, 0.3) is 11.5 Å². The topological polar surface area (TPSA) is 77.0 Å². The van der Waals surface area contributed by atoms with Crippen molar-refractivity contribution in [3.8, 4) is 11.5 Å². The van der Waals surface area contributed by atoms with Gasteiger partial charge in [-0.15, -0.1) is 0 Å². The number of carbonyl (C=O) groups is 1. The first kappa shape index (κ1) is 15.5. The van der Waals surface area contributed by atoms with E-state index in [0.717, 1.165) is 5.56 Å². The predicted molar refractivity (Wildman–Crippen MR) is 86.2 cm³/mol. The molecule has 1 aliphatic heterocycles. The van der Waals surface area contributed by atoms with Crippen LogP contribution in [0, 0.1) is 0 Å². The summed E-state index contributed by atoms with van der Waals surface area (Å²) in [5.41, 5.74) is -0.648. The molecule has 3 aromatic rings. The van der Waals surface area contributed by atoms with Gasteiger partial charge in [0.15, 0.2) is 5.67 Å². The highest BCUT2D eigenvalue weighted by Crippen LogP contribution is 2.35. The van der Waals surface area contributed by atoms with Gasteiger partial charge >= 0.3 is 0 Å². The number of benzene rings is 1. The van der Waals surface area contributed by atoms with Crippen molar-refractivity contribution in [2.45, 2.75) is 12.1 Å². The van der Waals surface area contributed by atoms with Gasteiger partial charge in [-0.2, -0.15) is 10.1 Å². The smallest absolute Gasteiger partial charge is 0.258 e. The van der Waals surface area contributed by atoms with Crippen molar-refractivity contribution >= 4 is 5.91 Å². The average molecular weight is 341 g/mol. The molecule has 7 nitrogen and oxygen atoms in total. The number of hydrogen-bond acceptors (Lipinski definition) is 5.